The van der Waals surface area contributed by atoms with Crippen molar-refractivity contribution in [2.24, 2.45) is 0 Å². The Balaban J connectivity index is 1.65. The van der Waals surface area contributed by atoms with E-state index < -0.39 is 17.4 Å². The third kappa shape index (κ3) is 5.39. The van der Waals surface area contributed by atoms with E-state index >= 15 is 0 Å². The van der Waals surface area contributed by atoms with Gasteiger partial charge in [0.1, 0.15) is 5.75 Å². The third-order valence-electron chi connectivity index (χ3n) is 4.63. The standard InChI is InChI=1S/C22H24N4O5/c1-14-9-15(7-8-26(14)29)11-22(2,3)25-21(28)20(27)24-16-5-6-17(18(10-16)30-4)19-12-23-13-31-19/h5-10,12-13H,11H2,1-4H3,(H,24,27)(H,25,28). The minimum atomic E-state index is -0.802. The van der Waals surface area contributed by atoms with Crippen LogP contribution in [0.25, 0.3) is 11.3 Å². The summed E-state index contributed by atoms with van der Waals surface area (Å²) in [5.41, 5.74) is 1.80. The second-order valence-corrected chi connectivity index (χ2v) is 7.75. The zero-order valence-corrected chi connectivity index (χ0v) is 17.8. The summed E-state index contributed by atoms with van der Waals surface area (Å²) in [5, 5.41) is 16.8. The van der Waals surface area contributed by atoms with Gasteiger partial charge in [0.25, 0.3) is 0 Å². The summed E-state index contributed by atoms with van der Waals surface area (Å²) in [6.07, 6.45) is 4.74. The van der Waals surface area contributed by atoms with Gasteiger partial charge in [-0.05, 0) is 38.0 Å². The number of ether oxygens (including phenoxy) is 1. The summed E-state index contributed by atoms with van der Waals surface area (Å²) in [5.74, 6) is -0.586. The number of amides is 2. The second kappa shape index (κ2) is 8.86. The number of carbonyl (C=O) groups is 2. The minimum absolute atomic E-state index is 0.400. The first-order chi connectivity index (χ1) is 14.7. The van der Waals surface area contributed by atoms with Crippen LogP contribution in [0.15, 0.2) is 53.5 Å². The van der Waals surface area contributed by atoms with Crippen molar-refractivity contribution >= 4 is 17.5 Å². The lowest BCUT2D eigenvalue weighted by Gasteiger charge is -2.26. The Morgan fingerprint density at radius 2 is 2.00 bits per heavy atom. The lowest BCUT2D eigenvalue weighted by atomic mass is 9.95. The van der Waals surface area contributed by atoms with Gasteiger partial charge in [-0.15, -0.1) is 0 Å². The number of methoxy groups -OCH3 is 1. The molecule has 162 valence electrons. The second-order valence-electron chi connectivity index (χ2n) is 7.75. The largest absolute Gasteiger partial charge is 0.619 e. The number of anilines is 1. The van der Waals surface area contributed by atoms with Gasteiger partial charge >= 0.3 is 11.8 Å². The molecular weight excluding hydrogens is 400 g/mol. The van der Waals surface area contributed by atoms with E-state index in [1.165, 1.54) is 19.7 Å². The molecule has 2 amide bonds. The normalized spacial score (nSPS) is 11.1. The Morgan fingerprint density at radius 3 is 2.65 bits per heavy atom. The molecule has 0 fully saturated rings. The molecule has 31 heavy (non-hydrogen) atoms. The molecule has 0 spiro atoms. The predicted molar refractivity (Wildman–Crippen MR) is 113 cm³/mol. The van der Waals surface area contributed by atoms with E-state index in [1.54, 1.807) is 57.3 Å². The molecule has 0 aliphatic rings. The fourth-order valence-electron chi connectivity index (χ4n) is 3.20. The van der Waals surface area contributed by atoms with Gasteiger partial charge in [-0.3, -0.25) is 9.59 Å². The number of benzene rings is 1. The monoisotopic (exact) mass is 424 g/mol. The van der Waals surface area contributed by atoms with Gasteiger partial charge in [0.2, 0.25) is 0 Å². The lowest BCUT2D eigenvalue weighted by Crippen LogP contribution is -2.49. The van der Waals surface area contributed by atoms with Gasteiger partial charge < -0.3 is 25.0 Å². The SMILES string of the molecule is COc1cc(NC(=O)C(=O)NC(C)(C)Cc2cc[n+]([O-])c(C)c2)ccc1-c1cnco1. The fraction of sp³-hybridized carbons (Fsp3) is 0.273. The zero-order valence-electron chi connectivity index (χ0n) is 17.8. The average Bonchev–Trinajstić information content (AvgIpc) is 3.24. The van der Waals surface area contributed by atoms with Gasteiger partial charge in [0.15, 0.2) is 24.0 Å². The van der Waals surface area contributed by atoms with Gasteiger partial charge in [-0.1, -0.05) is 0 Å². The number of pyridine rings is 1. The van der Waals surface area contributed by atoms with Crippen LogP contribution >= 0.6 is 0 Å². The van der Waals surface area contributed by atoms with E-state index in [0.29, 0.717) is 34.9 Å². The van der Waals surface area contributed by atoms with Crippen LogP contribution in [0.3, 0.4) is 0 Å². The van der Waals surface area contributed by atoms with E-state index in [9.17, 15) is 14.8 Å². The molecule has 2 N–H and O–H groups in total. The van der Waals surface area contributed by atoms with Crippen LogP contribution in [0.2, 0.25) is 0 Å². The minimum Gasteiger partial charge on any atom is -0.619 e. The average molecular weight is 424 g/mol. The van der Waals surface area contributed by atoms with Crippen molar-refractivity contribution < 1.29 is 23.5 Å². The maximum absolute atomic E-state index is 12.5. The summed E-state index contributed by atoms with van der Waals surface area (Å²) >= 11 is 0. The van der Waals surface area contributed by atoms with Crippen molar-refractivity contribution in [3.05, 3.63) is 65.6 Å². The number of oxazole rings is 1. The van der Waals surface area contributed by atoms with Gasteiger partial charge in [-0.2, -0.15) is 4.73 Å². The fourth-order valence-corrected chi connectivity index (χ4v) is 3.20. The van der Waals surface area contributed by atoms with Crippen molar-refractivity contribution in [2.75, 3.05) is 12.4 Å². The molecule has 2 aromatic heterocycles. The molecule has 0 saturated carbocycles. The highest BCUT2D eigenvalue weighted by molar-refractivity contribution is 6.39. The molecule has 3 rings (SSSR count). The van der Waals surface area contributed by atoms with Crippen molar-refractivity contribution in [2.45, 2.75) is 32.7 Å². The molecular formula is C22H24N4O5. The van der Waals surface area contributed by atoms with Gasteiger partial charge in [-0.25, -0.2) is 4.98 Å². The Morgan fingerprint density at radius 1 is 1.23 bits per heavy atom. The first kappa shape index (κ1) is 21.8. The first-order valence-electron chi connectivity index (χ1n) is 9.57. The number of aryl methyl sites for hydroxylation is 1. The molecule has 9 heteroatoms. The smallest absolute Gasteiger partial charge is 0.313 e. The highest BCUT2D eigenvalue weighted by atomic mass is 16.5. The molecule has 0 radical (unpaired) electrons. The van der Waals surface area contributed by atoms with Crippen LogP contribution in [-0.2, 0) is 16.0 Å². The van der Waals surface area contributed by atoms with Gasteiger partial charge in [0, 0.05) is 36.3 Å². The number of nitrogens with zero attached hydrogens (tertiary/aromatic N) is 2. The number of nitrogens with one attached hydrogen (secondary N) is 2. The summed E-state index contributed by atoms with van der Waals surface area (Å²) in [6, 6.07) is 8.39. The molecule has 3 aromatic rings. The quantitative estimate of drug-likeness (QED) is 0.356. The molecule has 0 saturated heterocycles. The van der Waals surface area contributed by atoms with Gasteiger partial charge in [0.05, 0.1) is 18.9 Å². The maximum Gasteiger partial charge on any atom is 0.313 e. The predicted octanol–water partition coefficient (Wildman–Crippen LogP) is 2.37. The molecule has 0 atom stereocenters. The number of hydrogen-bond acceptors (Lipinski definition) is 6. The lowest BCUT2D eigenvalue weighted by molar-refractivity contribution is -0.612. The first-order valence-corrected chi connectivity index (χ1v) is 9.57. The highest BCUT2D eigenvalue weighted by Gasteiger charge is 2.25. The third-order valence-corrected chi connectivity index (χ3v) is 4.63. The molecule has 1 aromatic carbocycles. The molecule has 9 nitrogen and oxygen atoms in total. The number of aromatic nitrogens is 2. The van der Waals surface area contributed by atoms with E-state index in [1.807, 2.05) is 0 Å². The van der Waals surface area contributed by atoms with Crippen LogP contribution in [0.5, 0.6) is 5.75 Å². The van der Waals surface area contributed by atoms with Crippen LogP contribution in [0, 0.1) is 12.1 Å². The molecule has 2 heterocycles. The summed E-state index contributed by atoms with van der Waals surface area (Å²) in [7, 11) is 1.50. The van der Waals surface area contributed by atoms with Crippen molar-refractivity contribution in [1.82, 2.24) is 10.3 Å². The van der Waals surface area contributed by atoms with Crippen LogP contribution < -0.4 is 20.1 Å². The van der Waals surface area contributed by atoms with Crippen LogP contribution in [0.4, 0.5) is 5.69 Å². The number of carbonyl (C=O) groups excluding carboxylic acids is 2. The molecule has 0 aliphatic heterocycles. The molecule has 0 unspecified atom stereocenters. The molecule has 0 aliphatic carbocycles. The maximum atomic E-state index is 12.5. The Hall–Kier alpha value is -3.88. The topological polar surface area (TPSA) is 120 Å². The van der Waals surface area contributed by atoms with E-state index in [2.05, 4.69) is 15.6 Å². The van der Waals surface area contributed by atoms with E-state index in [-0.39, 0.29) is 0 Å². The van der Waals surface area contributed by atoms with Crippen LogP contribution in [0.1, 0.15) is 25.1 Å². The van der Waals surface area contributed by atoms with Crippen LogP contribution in [-0.4, -0.2) is 29.4 Å². The van der Waals surface area contributed by atoms with E-state index in [4.69, 9.17) is 9.15 Å². The summed E-state index contributed by atoms with van der Waals surface area (Å²) in [6.45, 7) is 5.32. The number of hydrogen-bond donors (Lipinski definition) is 2. The highest BCUT2D eigenvalue weighted by Crippen LogP contribution is 2.32. The van der Waals surface area contributed by atoms with Crippen molar-refractivity contribution in [3.63, 3.8) is 0 Å². The van der Waals surface area contributed by atoms with Crippen molar-refractivity contribution in [3.8, 4) is 17.1 Å². The summed E-state index contributed by atoms with van der Waals surface area (Å²) < 4.78 is 11.4. The summed E-state index contributed by atoms with van der Waals surface area (Å²) in [4.78, 5) is 28.7. The van der Waals surface area contributed by atoms with E-state index in [0.717, 1.165) is 10.3 Å². The molecule has 0 bridgehead atoms. The van der Waals surface area contributed by atoms with Crippen molar-refractivity contribution in [1.29, 1.82) is 0 Å². The number of rotatable bonds is 6. The Labute approximate surface area is 179 Å². The zero-order chi connectivity index (χ0) is 22.6. The Bertz CT molecular complexity index is 1090. The Kier molecular flexibility index (Phi) is 6.24.